The highest BCUT2D eigenvalue weighted by Crippen LogP contribution is 2.20. The molecule has 0 aromatic rings. The van der Waals surface area contributed by atoms with Gasteiger partial charge in [0.05, 0.1) is 18.2 Å². The zero-order valence-electron chi connectivity index (χ0n) is 9.92. The lowest BCUT2D eigenvalue weighted by atomic mass is 10.0. The van der Waals surface area contributed by atoms with Crippen molar-refractivity contribution in [2.75, 3.05) is 19.7 Å². The van der Waals surface area contributed by atoms with E-state index in [0.717, 1.165) is 25.9 Å². The number of likely N-dealkylation sites (N-methyl/N-ethyl adjacent to an activating group) is 1. The van der Waals surface area contributed by atoms with Crippen LogP contribution in [-0.4, -0.2) is 47.2 Å². The zero-order valence-corrected chi connectivity index (χ0v) is 9.92. The molecule has 0 saturated carbocycles. The van der Waals surface area contributed by atoms with Gasteiger partial charge in [0.25, 0.3) is 0 Å². The molecule has 4 heteroatoms. The van der Waals surface area contributed by atoms with E-state index in [1.54, 1.807) is 0 Å². The van der Waals surface area contributed by atoms with Crippen molar-refractivity contribution >= 4 is 5.91 Å². The van der Waals surface area contributed by atoms with Crippen molar-refractivity contribution < 1.29 is 9.90 Å². The standard InChI is InChI=1S/C11H22N2O2/c1-4-12-11(2,3)10(15)13-7-5-6-9(13)8-14/h9,12,14H,4-8H2,1-3H3/t9-/m1/s1. The highest BCUT2D eigenvalue weighted by molar-refractivity contribution is 5.86. The monoisotopic (exact) mass is 214 g/mol. The predicted molar refractivity (Wildman–Crippen MR) is 59.6 cm³/mol. The number of nitrogens with one attached hydrogen (secondary N) is 1. The van der Waals surface area contributed by atoms with E-state index >= 15 is 0 Å². The minimum Gasteiger partial charge on any atom is -0.394 e. The first-order valence-corrected chi connectivity index (χ1v) is 5.70. The third-order valence-corrected chi connectivity index (χ3v) is 3.00. The summed E-state index contributed by atoms with van der Waals surface area (Å²) in [5.41, 5.74) is -0.521. The Bertz CT molecular complexity index is 229. The number of hydrogen-bond acceptors (Lipinski definition) is 3. The van der Waals surface area contributed by atoms with Gasteiger partial charge in [-0.1, -0.05) is 6.92 Å². The normalized spacial score (nSPS) is 22.1. The summed E-state index contributed by atoms with van der Waals surface area (Å²) in [5.74, 6) is 0.0981. The second-order valence-electron chi connectivity index (χ2n) is 4.63. The molecular weight excluding hydrogens is 192 g/mol. The molecule has 0 radical (unpaired) electrons. The number of likely N-dealkylation sites (tertiary alicyclic amines) is 1. The number of carbonyl (C=O) groups excluding carboxylic acids is 1. The van der Waals surface area contributed by atoms with Gasteiger partial charge in [0, 0.05) is 6.54 Å². The average molecular weight is 214 g/mol. The summed E-state index contributed by atoms with van der Waals surface area (Å²) < 4.78 is 0. The quantitative estimate of drug-likeness (QED) is 0.710. The van der Waals surface area contributed by atoms with Crippen molar-refractivity contribution in [2.45, 2.75) is 45.2 Å². The molecule has 1 saturated heterocycles. The number of aliphatic hydroxyl groups excluding tert-OH is 1. The van der Waals surface area contributed by atoms with Crippen molar-refractivity contribution in [3.05, 3.63) is 0 Å². The molecule has 88 valence electrons. The van der Waals surface area contributed by atoms with Crippen LogP contribution in [0, 0.1) is 0 Å². The molecule has 0 spiro atoms. The van der Waals surface area contributed by atoms with Gasteiger partial charge < -0.3 is 15.3 Å². The molecular formula is C11H22N2O2. The number of rotatable bonds is 4. The van der Waals surface area contributed by atoms with Crippen LogP contribution in [0.4, 0.5) is 0 Å². The Labute approximate surface area is 91.6 Å². The molecule has 15 heavy (non-hydrogen) atoms. The van der Waals surface area contributed by atoms with Crippen LogP contribution in [0.25, 0.3) is 0 Å². The molecule has 1 rings (SSSR count). The predicted octanol–water partition coefficient (Wildman–Crippen LogP) is 0.358. The van der Waals surface area contributed by atoms with Crippen molar-refractivity contribution in [1.82, 2.24) is 10.2 Å². The number of carbonyl (C=O) groups is 1. The van der Waals surface area contributed by atoms with Crippen molar-refractivity contribution in [2.24, 2.45) is 0 Å². The van der Waals surface area contributed by atoms with Gasteiger partial charge in [-0.15, -0.1) is 0 Å². The number of amides is 1. The molecule has 0 bridgehead atoms. The van der Waals surface area contributed by atoms with Gasteiger partial charge in [-0.3, -0.25) is 4.79 Å². The molecule has 1 heterocycles. The van der Waals surface area contributed by atoms with Crippen LogP contribution in [0.5, 0.6) is 0 Å². The molecule has 1 aliphatic rings. The van der Waals surface area contributed by atoms with Crippen LogP contribution in [0.2, 0.25) is 0 Å². The van der Waals surface area contributed by atoms with Gasteiger partial charge in [0.15, 0.2) is 0 Å². The first kappa shape index (κ1) is 12.5. The summed E-state index contributed by atoms with van der Waals surface area (Å²) in [6.07, 6.45) is 1.92. The maximum atomic E-state index is 12.2. The van der Waals surface area contributed by atoms with Gasteiger partial charge >= 0.3 is 0 Å². The molecule has 1 atom stereocenters. The van der Waals surface area contributed by atoms with Crippen LogP contribution < -0.4 is 5.32 Å². The summed E-state index contributed by atoms with van der Waals surface area (Å²) in [5, 5.41) is 12.3. The van der Waals surface area contributed by atoms with Crippen LogP contribution in [0.3, 0.4) is 0 Å². The molecule has 1 fully saturated rings. The molecule has 0 aromatic carbocycles. The lowest BCUT2D eigenvalue weighted by Gasteiger charge is -2.33. The number of aliphatic hydroxyl groups is 1. The second-order valence-corrected chi connectivity index (χ2v) is 4.63. The molecule has 4 nitrogen and oxygen atoms in total. The third-order valence-electron chi connectivity index (χ3n) is 3.00. The zero-order chi connectivity index (χ0) is 11.5. The number of hydrogen-bond donors (Lipinski definition) is 2. The van der Waals surface area contributed by atoms with E-state index in [9.17, 15) is 4.79 Å². The van der Waals surface area contributed by atoms with E-state index in [0.29, 0.717) is 0 Å². The van der Waals surface area contributed by atoms with E-state index in [-0.39, 0.29) is 18.6 Å². The Balaban J connectivity index is 2.66. The van der Waals surface area contributed by atoms with E-state index in [1.807, 2.05) is 25.7 Å². The third kappa shape index (κ3) is 2.69. The Morgan fingerprint density at radius 2 is 2.27 bits per heavy atom. The van der Waals surface area contributed by atoms with Crippen molar-refractivity contribution in [3.63, 3.8) is 0 Å². The highest BCUT2D eigenvalue weighted by Gasteiger charge is 2.36. The Morgan fingerprint density at radius 1 is 1.60 bits per heavy atom. The number of nitrogens with zero attached hydrogens (tertiary/aromatic N) is 1. The Kier molecular flexibility index (Phi) is 4.11. The average Bonchev–Trinajstić information content (AvgIpc) is 2.63. The highest BCUT2D eigenvalue weighted by atomic mass is 16.3. The van der Waals surface area contributed by atoms with E-state index < -0.39 is 5.54 Å². The molecule has 1 amide bonds. The summed E-state index contributed by atoms with van der Waals surface area (Å²) >= 11 is 0. The largest absolute Gasteiger partial charge is 0.394 e. The van der Waals surface area contributed by atoms with Crippen molar-refractivity contribution in [1.29, 1.82) is 0 Å². The lowest BCUT2D eigenvalue weighted by Crippen LogP contribution is -2.55. The van der Waals surface area contributed by atoms with Gasteiger partial charge in [0.2, 0.25) is 5.91 Å². The first-order chi connectivity index (χ1) is 7.03. The fraction of sp³-hybridized carbons (Fsp3) is 0.909. The molecule has 0 aromatic heterocycles. The topological polar surface area (TPSA) is 52.6 Å². The fourth-order valence-electron chi connectivity index (χ4n) is 2.17. The smallest absolute Gasteiger partial charge is 0.242 e. The molecule has 0 aliphatic carbocycles. The minimum absolute atomic E-state index is 0.0235. The lowest BCUT2D eigenvalue weighted by molar-refractivity contribution is -0.138. The van der Waals surface area contributed by atoms with Crippen LogP contribution >= 0.6 is 0 Å². The summed E-state index contributed by atoms with van der Waals surface area (Å²) in [4.78, 5) is 14.0. The fourth-order valence-corrected chi connectivity index (χ4v) is 2.17. The van der Waals surface area contributed by atoms with Crippen LogP contribution in [0.15, 0.2) is 0 Å². The minimum atomic E-state index is -0.521. The van der Waals surface area contributed by atoms with Crippen LogP contribution in [-0.2, 0) is 4.79 Å². The van der Waals surface area contributed by atoms with Gasteiger partial charge in [-0.05, 0) is 33.2 Å². The molecule has 1 aliphatic heterocycles. The van der Waals surface area contributed by atoms with Gasteiger partial charge in [-0.2, -0.15) is 0 Å². The SMILES string of the molecule is CCNC(C)(C)C(=O)N1CCC[C@@H]1CO. The van der Waals surface area contributed by atoms with Crippen molar-refractivity contribution in [3.8, 4) is 0 Å². The second kappa shape index (κ2) is 4.94. The summed E-state index contributed by atoms with van der Waals surface area (Å²) in [6, 6.07) is 0.0235. The molecule has 0 unspecified atom stereocenters. The van der Waals surface area contributed by atoms with Gasteiger partial charge in [0.1, 0.15) is 0 Å². The maximum absolute atomic E-state index is 12.2. The van der Waals surface area contributed by atoms with E-state index in [4.69, 9.17) is 5.11 Å². The van der Waals surface area contributed by atoms with E-state index in [1.165, 1.54) is 0 Å². The summed E-state index contributed by atoms with van der Waals surface area (Å²) in [6.45, 7) is 7.41. The summed E-state index contributed by atoms with van der Waals surface area (Å²) in [7, 11) is 0. The van der Waals surface area contributed by atoms with Gasteiger partial charge in [-0.25, -0.2) is 0 Å². The van der Waals surface area contributed by atoms with E-state index in [2.05, 4.69) is 5.32 Å². The van der Waals surface area contributed by atoms with Crippen LogP contribution in [0.1, 0.15) is 33.6 Å². The Hall–Kier alpha value is -0.610. The Morgan fingerprint density at radius 3 is 2.80 bits per heavy atom. The molecule has 2 N–H and O–H groups in total. The first-order valence-electron chi connectivity index (χ1n) is 5.70. The maximum Gasteiger partial charge on any atom is 0.242 e.